The van der Waals surface area contributed by atoms with E-state index in [2.05, 4.69) is 5.32 Å². The fourth-order valence-electron chi connectivity index (χ4n) is 2.19. The number of amides is 1. The van der Waals surface area contributed by atoms with Gasteiger partial charge >= 0.3 is 0 Å². The molecule has 2 rings (SSSR count). The van der Waals surface area contributed by atoms with Crippen molar-refractivity contribution in [1.82, 2.24) is 5.32 Å². The van der Waals surface area contributed by atoms with Gasteiger partial charge in [-0.25, -0.2) is 0 Å². The Morgan fingerprint density at radius 1 is 1.04 bits per heavy atom. The van der Waals surface area contributed by atoms with Gasteiger partial charge < -0.3 is 14.8 Å². The number of benzene rings is 2. The Bertz CT molecular complexity index is 750. The van der Waals surface area contributed by atoms with E-state index >= 15 is 0 Å². The molecule has 0 fully saturated rings. The highest BCUT2D eigenvalue weighted by Crippen LogP contribution is 2.35. The number of carbonyl (C=O) groups excluding carboxylic acids is 1. The maximum Gasteiger partial charge on any atom is 0.251 e. The molecule has 0 aliphatic heterocycles. The smallest absolute Gasteiger partial charge is 0.251 e. The van der Waals surface area contributed by atoms with E-state index in [4.69, 9.17) is 44.3 Å². The normalized spacial score (nSPS) is 10.4. The van der Waals surface area contributed by atoms with E-state index in [-0.39, 0.29) is 5.91 Å². The fraction of sp³-hybridized carbons (Fsp3) is 0.235. The van der Waals surface area contributed by atoms with Crippen LogP contribution >= 0.6 is 34.8 Å². The van der Waals surface area contributed by atoms with Crippen LogP contribution in [0.5, 0.6) is 11.5 Å². The molecule has 0 bridgehead atoms. The van der Waals surface area contributed by atoms with Crippen molar-refractivity contribution in [3.05, 3.63) is 56.5 Å². The summed E-state index contributed by atoms with van der Waals surface area (Å²) in [6.07, 6.45) is 0.586. The predicted molar refractivity (Wildman–Crippen MR) is 97.1 cm³/mol. The molecule has 0 heterocycles. The van der Waals surface area contributed by atoms with E-state index in [0.29, 0.717) is 45.1 Å². The van der Waals surface area contributed by atoms with Gasteiger partial charge in [-0.3, -0.25) is 4.79 Å². The summed E-state index contributed by atoms with van der Waals surface area (Å²) in [7, 11) is 2.97. The second-order valence-electron chi connectivity index (χ2n) is 4.94. The molecule has 0 atom stereocenters. The van der Waals surface area contributed by atoms with Gasteiger partial charge in [0.1, 0.15) is 0 Å². The topological polar surface area (TPSA) is 47.6 Å². The first-order chi connectivity index (χ1) is 11.5. The lowest BCUT2D eigenvalue weighted by molar-refractivity contribution is 0.0953. The van der Waals surface area contributed by atoms with E-state index in [0.717, 1.165) is 5.56 Å². The van der Waals surface area contributed by atoms with Crippen molar-refractivity contribution < 1.29 is 14.3 Å². The molecule has 24 heavy (non-hydrogen) atoms. The number of hydrogen-bond acceptors (Lipinski definition) is 3. The largest absolute Gasteiger partial charge is 0.493 e. The molecule has 0 aromatic heterocycles. The van der Waals surface area contributed by atoms with E-state index < -0.39 is 0 Å². The van der Waals surface area contributed by atoms with E-state index in [1.165, 1.54) is 20.3 Å². The zero-order chi connectivity index (χ0) is 17.7. The Morgan fingerprint density at radius 2 is 1.79 bits per heavy atom. The van der Waals surface area contributed by atoms with Gasteiger partial charge in [-0.2, -0.15) is 0 Å². The molecule has 0 radical (unpaired) electrons. The van der Waals surface area contributed by atoms with Crippen LogP contribution in [0, 0.1) is 0 Å². The van der Waals surface area contributed by atoms with Gasteiger partial charge in [-0.15, -0.1) is 0 Å². The highest BCUT2D eigenvalue weighted by molar-refractivity contribution is 6.35. The summed E-state index contributed by atoms with van der Waals surface area (Å²) in [5, 5.41) is 4.28. The molecule has 0 aliphatic rings. The van der Waals surface area contributed by atoms with Gasteiger partial charge in [0.05, 0.1) is 19.2 Å². The molecule has 2 aromatic rings. The van der Waals surface area contributed by atoms with Crippen molar-refractivity contribution in [3.63, 3.8) is 0 Å². The molecule has 2 aromatic carbocycles. The standard InChI is InChI=1S/C17H16Cl3NO3/c1-23-15-8-11(7-14(20)16(15)24-2)17(22)21-6-5-10-3-4-12(18)9-13(10)19/h3-4,7-9H,5-6H2,1-2H3,(H,21,22). The Hall–Kier alpha value is -1.62. The predicted octanol–water partition coefficient (Wildman–Crippen LogP) is 4.64. The van der Waals surface area contributed by atoms with E-state index in [1.807, 2.05) is 6.07 Å². The SMILES string of the molecule is COc1cc(C(=O)NCCc2ccc(Cl)cc2Cl)cc(Cl)c1OC. The lowest BCUT2D eigenvalue weighted by Gasteiger charge is -2.12. The minimum atomic E-state index is -0.261. The lowest BCUT2D eigenvalue weighted by Crippen LogP contribution is -2.25. The summed E-state index contributed by atoms with van der Waals surface area (Å²) in [5.74, 6) is 0.530. The van der Waals surface area contributed by atoms with Crippen LogP contribution < -0.4 is 14.8 Å². The Kier molecular flexibility index (Phi) is 6.60. The van der Waals surface area contributed by atoms with Crippen molar-refractivity contribution in [2.24, 2.45) is 0 Å². The molecule has 0 aliphatic carbocycles. The van der Waals surface area contributed by atoms with Crippen LogP contribution in [0.1, 0.15) is 15.9 Å². The summed E-state index contributed by atoms with van der Waals surface area (Å²) >= 11 is 18.1. The molecule has 0 spiro atoms. The number of rotatable bonds is 6. The van der Waals surface area contributed by atoms with Crippen LogP contribution in [-0.2, 0) is 6.42 Å². The Morgan fingerprint density at radius 3 is 2.42 bits per heavy atom. The molecule has 0 saturated carbocycles. The number of carbonyl (C=O) groups is 1. The van der Waals surface area contributed by atoms with E-state index in [9.17, 15) is 4.79 Å². The average molecular weight is 389 g/mol. The minimum absolute atomic E-state index is 0.261. The van der Waals surface area contributed by atoms with Gasteiger partial charge in [0.15, 0.2) is 11.5 Å². The summed E-state index contributed by atoms with van der Waals surface area (Å²) in [4.78, 5) is 12.3. The van der Waals surface area contributed by atoms with Crippen molar-refractivity contribution in [1.29, 1.82) is 0 Å². The van der Waals surface area contributed by atoms with Crippen LogP contribution in [0.2, 0.25) is 15.1 Å². The van der Waals surface area contributed by atoms with Crippen LogP contribution in [0.25, 0.3) is 0 Å². The Labute approximate surface area is 155 Å². The van der Waals surface area contributed by atoms with E-state index in [1.54, 1.807) is 18.2 Å². The molecule has 128 valence electrons. The highest BCUT2D eigenvalue weighted by Gasteiger charge is 2.15. The van der Waals surface area contributed by atoms with Crippen molar-refractivity contribution in [2.45, 2.75) is 6.42 Å². The molecule has 1 amide bonds. The monoisotopic (exact) mass is 387 g/mol. The van der Waals surface area contributed by atoms with Crippen molar-refractivity contribution in [3.8, 4) is 11.5 Å². The fourth-order valence-corrected chi connectivity index (χ4v) is 2.98. The first-order valence-electron chi connectivity index (χ1n) is 7.10. The van der Waals surface area contributed by atoms with Gasteiger partial charge in [0, 0.05) is 22.2 Å². The number of ether oxygens (including phenoxy) is 2. The molecule has 0 unspecified atom stereocenters. The average Bonchev–Trinajstić information content (AvgIpc) is 2.55. The third kappa shape index (κ3) is 4.47. The molecule has 4 nitrogen and oxygen atoms in total. The number of nitrogens with one attached hydrogen (secondary N) is 1. The van der Waals surface area contributed by atoms with Crippen molar-refractivity contribution in [2.75, 3.05) is 20.8 Å². The number of halogens is 3. The zero-order valence-corrected chi connectivity index (χ0v) is 15.4. The van der Waals surface area contributed by atoms with Crippen LogP contribution in [0.4, 0.5) is 0 Å². The van der Waals surface area contributed by atoms with Crippen LogP contribution in [-0.4, -0.2) is 26.7 Å². The molecule has 0 saturated heterocycles. The van der Waals surface area contributed by atoms with Gasteiger partial charge in [0.2, 0.25) is 0 Å². The molecule has 1 N–H and O–H groups in total. The second kappa shape index (κ2) is 8.47. The molecular formula is C17H16Cl3NO3. The quantitative estimate of drug-likeness (QED) is 0.784. The maximum atomic E-state index is 12.3. The zero-order valence-electron chi connectivity index (χ0n) is 13.2. The molecular weight excluding hydrogens is 373 g/mol. The summed E-state index contributed by atoms with van der Waals surface area (Å²) < 4.78 is 10.3. The van der Waals surface area contributed by atoms with Crippen LogP contribution in [0.3, 0.4) is 0 Å². The summed E-state index contributed by atoms with van der Waals surface area (Å²) in [6, 6.07) is 8.39. The first kappa shape index (κ1) is 18.7. The lowest BCUT2D eigenvalue weighted by atomic mass is 10.1. The molecule has 7 heteroatoms. The summed E-state index contributed by atoms with van der Waals surface area (Å²) in [5.41, 5.74) is 1.30. The van der Waals surface area contributed by atoms with Crippen molar-refractivity contribution >= 4 is 40.7 Å². The number of methoxy groups -OCH3 is 2. The summed E-state index contributed by atoms with van der Waals surface area (Å²) in [6.45, 7) is 0.423. The van der Waals surface area contributed by atoms with Crippen LogP contribution in [0.15, 0.2) is 30.3 Å². The van der Waals surface area contributed by atoms with Gasteiger partial charge in [0.25, 0.3) is 5.91 Å². The first-order valence-corrected chi connectivity index (χ1v) is 8.23. The Balaban J connectivity index is 2.03. The highest BCUT2D eigenvalue weighted by atomic mass is 35.5. The van der Waals surface area contributed by atoms with Gasteiger partial charge in [-0.1, -0.05) is 40.9 Å². The minimum Gasteiger partial charge on any atom is -0.493 e. The second-order valence-corrected chi connectivity index (χ2v) is 6.19. The third-order valence-corrected chi connectivity index (χ3v) is 4.26. The number of hydrogen-bond donors (Lipinski definition) is 1. The third-order valence-electron chi connectivity index (χ3n) is 3.39. The maximum absolute atomic E-state index is 12.3. The van der Waals surface area contributed by atoms with Gasteiger partial charge in [-0.05, 0) is 36.2 Å².